The van der Waals surface area contributed by atoms with Gasteiger partial charge in [0.1, 0.15) is 12.7 Å². The van der Waals surface area contributed by atoms with Crippen molar-refractivity contribution in [1.29, 1.82) is 0 Å². The summed E-state index contributed by atoms with van der Waals surface area (Å²) in [7, 11) is 0. The second-order valence-corrected chi connectivity index (χ2v) is 4.09. The molecule has 5 heteroatoms. The van der Waals surface area contributed by atoms with E-state index >= 15 is 0 Å². The van der Waals surface area contributed by atoms with E-state index in [-0.39, 0.29) is 0 Å². The molecule has 0 spiro atoms. The number of anilines is 1. The van der Waals surface area contributed by atoms with Crippen LogP contribution in [0.1, 0.15) is 5.69 Å². The van der Waals surface area contributed by atoms with Crippen molar-refractivity contribution >= 4 is 5.69 Å². The van der Waals surface area contributed by atoms with Crippen LogP contribution in [0.5, 0.6) is 0 Å². The van der Waals surface area contributed by atoms with E-state index in [0.29, 0.717) is 6.54 Å². The van der Waals surface area contributed by atoms with Gasteiger partial charge in [-0.05, 0) is 30.3 Å². The van der Waals surface area contributed by atoms with E-state index < -0.39 is 0 Å². The molecule has 19 heavy (non-hydrogen) atoms. The summed E-state index contributed by atoms with van der Waals surface area (Å²) in [6.07, 6.45) is 5.15. The largest absolute Gasteiger partial charge is 0.379 e. The molecule has 0 unspecified atom stereocenters. The van der Waals surface area contributed by atoms with Gasteiger partial charge in [-0.1, -0.05) is 12.1 Å². The van der Waals surface area contributed by atoms with Crippen molar-refractivity contribution in [3.05, 3.63) is 67.0 Å². The van der Waals surface area contributed by atoms with Crippen LogP contribution in [0.4, 0.5) is 5.69 Å². The van der Waals surface area contributed by atoms with Crippen LogP contribution in [0.25, 0.3) is 5.69 Å². The van der Waals surface area contributed by atoms with Crippen molar-refractivity contribution in [1.82, 2.24) is 19.7 Å². The molecule has 1 aromatic carbocycles. The molecule has 0 atom stereocenters. The summed E-state index contributed by atoms with van der Waals surface area (Å²) in [5, 5.41) is 11.0. The maximum atomic E-state index is 4.28. The highest BCUT2D eigenvalue weighted by atomic mass is 15.2. The summed E-state index contributed by atoms with van der Waals surface area (Å²) in [5.41, 5.74) is 3.07. The Labute approximate surface area is 111 Å². The topological polar surface area (TPSA) is 55.6 Å². The zero-order valence-corrected chi connectivity index (χ0v) is 10.3. The summed E-state index contributed by atoms with van der Waals surface area (Å²) >= 11 is 0. The zero-order valence-electron chi connectivity index (χ0n) is 10.3. The lowest BCUT2D eigenvalue weighted by atomic mass is 10.2. The Hall–Kier alpha value is -2.69. The Morgan fingerprint density at radius 3 is 2.68 bits per heavy atom. The van der Waals surface area contributed by atoms with E-state index in [4.69, 9.17) is 0 Å². The maximum absolute atomic E-state index is 4.28. The Kier molecular flexibility index (Phi) is 3.18. The third-order valence-corrected chi connectivity index (χ3v) is 2.76. The molecular formula is C14H13N5. The summed E-state index contributed by atoms with van der Waals surface area (Å²) in [5.74, 6) is 0. The molecule has 0 fully saturated rings. The predicted molar refractivity (Wildman–Crippen MR) is 72.9 cm³/mol. The van der Waals surface area contributed by atoms with Gasteiger partial charge in [-0.2, -0.15) is 0 Å². The van der Waals surface area contributed by atoms with E-state index in [1.54, 1.807) is 18.9 Å². The molecule has 0 saturated carbocycles. The van der Waals surface area contributed by atoms with Crippen LogP contribution in [0.2, 0.25) is 0 Å². The standard InChI is InChI=1S/C14H13N5/c1-2-7-15-13(4-1)9-16-12-5-3-6-14(8-12)19-10-17-18-11-19/h1-8,10-11,16H,9H2. The van der Waals surface area contributed by atoms with Gasteiger partial charge in [-0.25, -0.2) is 0 Å². The van der Waals surface area contributed by atoms with Gasteiger partial charge in [-0.15, -0.1) is 10.2 Å². The molecule has 0 radical (unpaired) electrons. The predicted octanol–water partition coefficient (Wildman–Crippen LogP) is 2.27. The van der Waals surface area contributed by atoms with Gasteiger partial charge in [0.15, 0.2) is 0 Å². The Bertz CT molecular complexity index is 634. The average Bonchev–Trinajstić information content (AvgIpc) is 3.01. The molecule has 0 aliphatic carbocycles. The van der Waals surface area contributed by atoms with E-state index in [0.717, 1.165) is 17.1 Å². The molecule has 2 aromatic heterocycles. The second kappa shape index (κ2) is 5.30. The molecule has 5 nitrogen and oxygen atoms in total. The van der Waals surface area contributed by atoms with E-state index in [2.05, 4.69) is 20.5 Å². The molecule has 1 N–H and O–H groups in total. The SMILES string of the molecule is c1ccc(CNc2cccc(-n3cnnc3)c2)nc1. The van der Waals surface area contributed by atoms with Crippen LogP contribution >= 0.6 is 0 Å². The number of nitrogens with zero attached hydrogens (tertiary/aromatic N) is 4. The van der Waals surface area contributed by atoms with Crippen molar-refractivity contribution < 1.29 is 0 Å². The highest BCUT2D eigenvalue weighted by molar-refractivity contribution is 5.51. The fourth-order valence-corrected chi connectivity index (χ4v) is 1.81. The van der Waals surface area contributed by atoms with Gasteiger partial charge in [0.25, 0.3) is 0 Å². The first-order valence-electron chi connectivity index (χ1n) is 6.01. The van der Waals surface area contributed by atoms with Gasteiger partial charge >= 0.3 is 0 Å². The lowest BCUT2D eigenvalue weighted by molar-refractivity contribution is 1.03. The highest BCUT2D eigenvalue weighted by Gasteiger charge is 1.99. The van der Waals surface area contributed by atoms with Gasteiger partial charge < -0.3 is 5.32 Å². The number of benzene rings is 1. The summed E-state index contributed by atoms with van der Waals surface area (Å²) in [6, 6.07) is 14.0. The third kappa shape index (κ3) is 2.77. The van der Waals surface area contributed by atoms with Crippen LogP contribution in [0.3, 0.4) is 0 Å². The average molecular weight is 251 g/mol. The first kappa shape index (κ1) is 11.4. The van der Waals surface area contributed by atoms with Gasteiger partial charge in [0.05, 0.1) is 17.9 Å². The van der Waals surface area contributed by atoms with Crippen LogP contribution < -0.4 is 5.32 Å². The van der Waals surface area contributed by atoms with Crippen LogP contribution in [0, 0.1) is 0 Å². The molecule has 0 amide bonds. The minimum Gasteiger partial charge on any atom is -0.379 e. The quantitative estimate of drug-likeness (QED) is 0.773. The summed E-state index contributed by atoms with van der Waals surface area (Å²) < 4.78 is 1.87. The van der Waals surface area contributed by atoms with Crippen molar-refractivity contribution in [3.63, 3.8) is 0 Å². The molecular weight excluding hydrogens is 238 g/mol. The van der Waals surface area contributed by atoms with Crippen LogP contribution in [-0.2, 0) is 6.54 Å². The number of hydrogen-bond acceptors (Lipinski definition) is 4. The van der Waals surface area contributed by atoms with E-state index in [9.17, 15) is 0 Å². The highest BCUT2D eigenvalue weighted by Crippen LogP contribution is 2.14. The molecule has 0 aliphatic heterocycles. The van der Waals surface area contributed by atoms with Gasteiger partial charge in [0, 0.05) is 11.9 Å². The van der Waals surface area contributed by atoms with Crippen LogP contribution in [-0.4, -0.2) is 19.7 Å². The number of aromatic nitrogens is 4. The smallest absolute Gasteiger partial charge is 0.123 e. The monoisotopic (exact) mass is 251 g/mol. The van der Waals surface area contributed by atoms with E-state index in [1.807, 2.05) is 47.0 Å². The minimum atomic E-state index is 0.701. The first-order chi connectivity index (χ1) is 9.42. The lowest BCUT2D eigenvalue weighted by Gasteiger charge is -2.08. The molecule has 0 bridgehead atoms. The molecule has 0 saturated heterocycles. The number of pyridine rings is 1. The number of nitrogens with one attached hydrogen (secondary N) is 1. The first-order valence-corrected chi connectivity index (χ1v) is 6.01. The second-order valence-electron chi connectivity index (χ2n) is 4.09. The normalized spacial score (nSPS) is 10.3. The van der Waals surface area contributed by atoms with Crippen molar-refractivity contribution in [3.8, 4) is 5.69 Å². The zero-order chi connectivity index (χ0) is 12.9. The third-order valence-electron chi connectivity index (χ3n) is 2.76. The molecule has 2 heterocycles. The Balaban J connectivity index is 1.74. The molecule has 0 aliphatic rings. The van der Waals surface area contributed by atoms with Crippen molar-refractivity contribution in [2.75, 3.05) is 5.32 Å². The number of hydrogen-bond donors (Lipinski definition) is 1. The van der Waals surface area contributed by atoms with Crippen molar-refractivity contribution in [2.24, 2.45) is 0 Å². The molecule has 3 aromatic rings. The minimum absolute atomic E-state index is 0.701. The van der Waals surface area contributed by atoms with E-state index in [1.165, 1.54) is 0 Å². The van der Waals surface area contributed by atoms with Crippen LogP contribution in [0.15, 0.2) is 61.3 Å². The molecule has 3 rings (SSSR count). The fourth-order valence-electron chi connectivity index (χ4n) is 1.81. The van der Waals surface area contributed by atoms with Gasteiger partial charge in [0.2, 0.25) is 0 Å². The summed E-state index contributed by atoms with van der Waals surface area (Å²) in [4.78, 5) is 4.28. The Morgan fingerprint density at radius 2 is 1.89 bits per heavy atom. The lowest BCUT2D eigenvalue weighted by Crippen LogP contribution is -2.01. The van der Waals surface area contributed by atoms with Gasteiger partial charge in [-0.3, -0.25) is 9.55 Å². The summed E-state index contributed by atoms with van der Waals surface area (Å²) in [6.45, 7) is 0.701. The number of rotatable bonds is 4. The molecule has 94 valence electrons. The van der Waals surface area contributed by atoms with Crippen molar-refractivity contribution in [2.45, 2.75) is 6.54 Å². The Morgan fingerprint density at radius 1 is 1.00 bits per heavy atom. The fraction of sp³-hybridized carbons (Fsp3) is 0.0714. The maximum Gasteiger partial charge on any atom is 0.123 e.